The van der Waals surface area contributed by atoms with Crippen molar-refractivity contribution >= 4 is 33.2 Å². The van der Waals surface area contributed by atoms with E-state index in [1.807, 2.05) is 73.7 Å². The Morgan fingerprint density at radius 3 is 2.32 bits per heavy atom. The lowest BCUT2D eigenvalue weighted by Crippen LogP contribution is -2.45. The van der Waals surface area contributed by atoms with Crippen LogP contribution >= 0.6 is 11.6 Å². The highest BCUT2D eigenvalue weighted by molar-refractivity contribution is 7.89. The van der Waals surface area contributed by atoms with Crippen molar-refractivity contribution < 1.29 is 22.7 Å². The van der Waals surface area contributed by atoms with Crippen LogP contribution in [0.2, 0.25) is 5.02 Å². The predicted octanol–water partition coefficient (Wildman–Crippen LogP) is 9.36. The van der Waals surface area contributed by atoms with Gasteiger partial charge in [0.25, 0.3) is 0 Å². The van der Waals surface area contributed by atoms with Gasteiger partial charge < -0.3 is 4.74 Å². The molecule has 0 bridgehead atoms. The lowest BCUT2D eigenvalue weighted by molar-refractivity contribution is -0.126. The first-order valence-corrected chi connectivity index (χ1v) is 19.7. The quantitative estimate of drug-likeness (QED) is 0.206. The van der Waals surface area contributed by atoms with Crippen molar-refractivity contribution in [1.29, 1.82) is 0 Å². The number of ether oxygens (including phenoxy) is 1. The Labute approximate surface area is 304 Å². The summed E-state index contributed by atoms with van der Waals surface area (Å²) in [7, 11) is -3.97. The second-order valence-corrected chi connectivity index (χ2v) is 17.9. The van der Waals surface area contributed by atoms with E-state index in [0.717, 1.165) is 23.1 Å². The molecule has 2 aliphatic rings. The van der Waals surface area contributed by atoms with E-state index >= 15 is 0 Å². The zero-order valence-corrected chi connectivity index (χ0v) is 31.9. The normalized spacial score (nSPS) is 24.8. The molecule has 0 spiro atoms. The van der Waals surface area contributed by atoms with Crippen molar-refractivity contribution in [3.63, 3.8) is 0 Å². The van der Waals surface area contributed by atoms with E-state index in [2.05, 4.69) is 33.8 Å². The van der Waals surface area contributed by atoms with Gasteiger partial charge in [0.2, 0.25) is 10.0 Å². The number of carbonyl (C=O) groups excluding carboxylic acids is 2. The number of rotatable bonds is 9. The van der Waals surface area contributed by atoms with Gasteiger partial charge in [0.15, 0.2) is 0 Å². The van der Waals surface area contributed by atoms with Crippen LogP contribution in [0, 0.1) is 29.6 Å². The second-order valence-electron chi connectivity index (χ2n) is 15.6. The Morgan fingerprint density at radius 1 is 1.02 bits per heavy atom. The number of Topliss-reactive ketones (excluding diaryl/α,β-unsaturated/α-hetero) is 2. The van der Waals surface area contributed by atoms with Gasteiger partial charge in [-0.15, -0.1) is 0 Å². The van der Waals surface area contributed by atoms with Crippen LogP contribution in [-0.2, 0) is 30.8 Å². The molecule has 3 aromatic rings. The van der Waals surface area contributed by atoms with Gasteiger partial charge in [0, 0.05) is 34.7 Å². The first-order valence-electron chi connectivity index (χ1n) is 17.8. The molecule has 0 aromatic heterocycles. The Balaban J connectivity index is 1.51. The van der Waals surface area contributed by atoms with Gasteiger partial charge in [-0.3, -0.25) is 9.59 Å². The first kappa shape index (κ1) is 38.1. The van der Waals surface area contributed by atoms with Crippen LogP contribution in [0.4, 0.5) is 0 Å². The van der Waals surface area contributed by atoms with Gasteiger partial charge in [0.1, 0.15) is 11.6 Å². The molecule has 3 aromatic carbocycles. The van der Waals surface area contributed by atoms with Crippen molar-refractivity contribution in [3.05, 3.63) is 112 Å². The van der Waals surface area contributed by atoms with Crippen LogP contribution in [0.3, 0.4) is 0 Å². The number of benzene rings is 3. The van der Waals surface area contributed by atoms with Crippen LogP contribution in [-0.4, -0.2) is 43.5 Å². The summed E-state index contributed by atoms with van der Waals surface area (Å²) in [5.74, 6) is -0.232. The molecule has 6 nitrogen and oxygen atoms in total. The highest BCUT2D eigenvalue weighted by Gasteiger charge is 2.52. The fraction of sp³-hybridized carbons (Fsp3) is 0.476. The number of aryl methyl sites for hydroxylation is 1. The van der Waals surface area contributed by atoms with E-state index in [1.165, 1.54) is 0 Å². The van der Waals surface area contributed by atoms with Crippen LogP contribution in [0.15, 0.2) is 95.4 Å². The number of ketones is 2. The SMILES string of the molecule is CC(=O)C(Cc1ccccc1)CC1CCCC(C)(C2=CC(C(C)(C)C)N(S(=O)(=O)c3ccccc3C)C2c2ccc(Cl)cc2)COCCC1=O. The molecule has 268 valence electrons. The van der Waals surface area contributed by atoms with Crippen molar-refractivity contribution in [2.24, 2.45) is 22.7 Å². The summed E-state index contributed by atoms with van der Waals surface area (Å²) in [4.78, 5) is 26.6. The van der Waals surface area contributed by atoms with Gasteiger partial charge in [-0.05, 0) is 85.4 Å². The highest BCUT2D eigenvalue weighted by Crippen LogP contribution is 2.53. The number of sulfonamides is 1. The van der Waals surface area contributed by atoms with Crippen LogP contribution in [0.5, 0.6) is 0 Å². The predicted molar refractivity (Wildman–Crippen MR) is 201 cm³/mol. The third-order valence-electron chi connectivity index (χ3n) is 10.7. The third kappa shape index (κ3) is 8.50. The molecule has 5 unspecified atom stereocenters. The maximum Gasteiger partial charge on any atom is 0.244 e. The topological polar surface area (TPSA) is 80.8 Å². The minimum atomic E-state index is -3.97. The molecule has 2 aliphatic heterocycles. The molecule has 0 radical (unpaired) electrons. The molecular formula is C42H52ClNO5S. The van der Waals surface area contributed by atoms with E-state index in [4.69, 9.17) is 16.3 Å². The summed E-state index contributed by atoms with van der Waals surface area (Å²) in [6.07, 6.45) is 5.70. The standard InChI is InChI=1S/C42H52ClNO5S/c1-29-13-10-11-17-38(29)50(47,48)44-39(41(3,4)5)27-36(40(44)32-18-20-35(43)21-19-32)42(6)23-12-16-33(37(46)22-24-49-28-42)26-34(30(2)45)25-31-14-8-7-9-15-31/h7-11,13-15,17-21,27,33-34,39-40H,12,16,22-26,28H2,1-6H3. The van der Waals surface area contributed by atoms with Gasteiger partial charge in [-0.2, -0.15) is 4.31 Å². The van der Waals surface area contributed by atoms with Gasteiger partial charge >= 0.3 is 0 Å². The molecule has 1 fully saturated rings. The third-order valence-corrected chi connectivity index (χ3v) is 13.0. The molecular weight excluding hydrogens is 666 g/mol. The van der Waals surface area contributed by atoms with Crippen LogP contribution in [0.25, 0.3) is 0 Å². The fourth-order valence-corrected chi connectivity index (χ4v) is 10.0. The molecule has 0 N–H and O–H groups in total. The largest absolute Gasteiger partial charge is 0.380 e. The molecule has 0 aliphatic carbocycles. The Bertz CT molecular complexity index is 1800. The van der Waals surface area contributed by atoms with Crippen molar-refractivity contribution in [2.45, 2.75) is 97.0 Å². The van der Waals surface area contributed by atoms with Crippen LogP contribution in [0.1, 0.15) is 89.5 Å². The molecule has 5 rings (SSSR count). The van der Waals surface area contributed by atoms with E-state index < -0.39 is 32.9 Å². The number of hydrogen-bond acceptors (Lipinski definition) is 5. The van der Waals surface area contributed by atoms with Gasteiger partial charge in [-0.25, -0.2) is 8.42 Å². The number of hydrogen-bond donors (Lipinski definition) is 0. The second kappa shape index (κ2) is 15.6. The number of nitrogens with zero attached hydrogens (tertiary/aromatic N) is 1. The van der Waals surface area contributed by atoms with E-state index in [0.29, 0.717) is 47.8 Å². The van der Waals surface area contributed by atoms with E-state index in [-0.39, 0.29) is 36.4 Å². The van der Waals surface area contributed by atoms with E-state index in [9.17, 15) is 18.0 Å². The van der Waals surface area contributed by atoms with Crippen LogP contribution < -0.4 is 0 Å². The minimum Gasteiger partial charge on any atom is -0.380 e. The fourth-order valence-electron chi connectivity index (χ4n) is 7.77. The van der Waals surface area contributed by atoms with E-state index in [1.54, 1.807) is 23.4 Å². The summed E-state index contributed by atoms with van der Waals surface area (Å²) in [6.45, 7) is 12.5. The maximum atomic E-state index is 14.9. The molecule has 50 heavy (non-hydrogen) atoms. The lowest BCUT2D eigenvalue weighted by atomic mass is 9.72. The zero-order chi connectivity index (χ0) is 36.3. The van der Waals surface area contributed by atoms with Crippen molar-refractivity contribution in [1.82, 2.24) is 4.31 Å². The summed E-state index contributed by atoms with van der Waals surface area (Å²) in [6, 6.07) is 23.6. The smallest absolute Gasteiger partial charge is 0.244 e. The maximum absolute atomic E-state index is 14.9. The minimum absolute atomic E-state index is 0.102. The molecule has 1 saturated heterocycles. The molecule has 2 heterocycles. The lowest BCUT2D eigenvalue weighted by Gasteiger charge is -2.40. The molecule has 8 heteroatoms. The summed E-state index contributed by atoms with van der Waals surface area (Å²) in [5, 5.41) is 0.582. The Hall–Kier alpha value is -3.10. The monoisotopic (exact) mass is 717 g/mol. The highest BCUT2D eigenvalue weighted by atomic mass is 35.5. The Morgan fingerprint density at radius 2 is 1.68 bits per heavy atom. The number of halogens is 1. The van der Waals surface area contributed by atoms with Crippen molar-refractivity contribution in [2.75, 3.05) is 13.2 Å². The van der Waals surface area contributed by atoms with Crippen molar-refractivity contribution in [3.8, 4) is 0 Å². The first-order chi connectivity index (χ1) is 23.6. The summed E-state index contributed by atoms with van der Waals surface area (Å²) in [5.41, 5.74) is 2.69. The molecule has 0 amide bonds. The molecule has 0 saturated carbocycles. The average Bonchev–Trinajstić information content (AvgIpc) is 3.50. The number of carbonyl (C=O) groups is 2. The van der Waals surface area contributed by atoms with Gasteiger partial charge in [0.05, 0.1) is 24.2 Å². The molecule has 5 atom stereocenters. The zero-order valence-electron chi connectivity index (χ0n) is 30.3. The summed E-state index contributed by atoms with van der Waals surface area (Å²) < 4.78 is 37.8. The summed E-state index contributed by atoms with van der Waals surface area (Å²) >= 11 is 6.36. The van der Waals surface area contributed by atoms with Gasteiger partial charge in [-0.1, -0.05) is 112 Å². The average molecular weight is 718 g/mol. The Kier molecular flexibility index (Phi) is 11.9.